The van der Waals surface area contributed by atoms with Crippen molar-refractivity contribution in [2.24, 2.45) is 0 Å². The molecule has 0 spiro atoms. The Morgan fingerprint density at radius 1 is 0.456 bits per heavy atom. The molecule has 0 amide bonds. The lowest BCUT2D eigenvalue weighted by Crippen LogP contribution is -2.32. The maximum absolute atomic E-state index is 15.2. The van der Waals surface area contributed by atoms with Crippen LogP contribution in [0, 0.1) is 0 Å². The average Bonchev–Trinajstić information content (AvgIpc) is 0.698. The molecule has 0 aliphatic heterocycles. The fraction of sp³-hybridized carbons (Fsp3) is 0.273. The average molecular weight is 1220 g/mol. The zero-order chi connectivity index (χ0) is 65.5. The van der Waals surface area contributed by atoms with Crippen LogP contribution in [0.1, 0.15) is 146 Å². The number of hydrogen-bond acceptors (Lipinski definition) is 6. The minimum absolute atomic E-state index is 0.0120. The van der Waals surface area contributed by atoms with Crippen LogP contribution in [-0.2, 0) is 45.2 Å². The quantitative estimate of drug-likeness (QED) is 0.0357. The first-order valence-corrected chi connectivity index (χ1v) is 30.0. The maximum atomic E-state index is 15.2. The summed E-state index contributed by atoms with van der Waals surface area (Å²) in [5.41, 5.74) is 5.17. The zero-order valence-electron chi connectivity index (χ0n) is 53.0. The second kappa shape index (κ2) is 23.0. The first-order valence-electron chi connectivity index (χ1n) is 30.0. The van der Waals surface area contributed by atoms with E-state index in [2.05, 4.69) is 119 Å². The van der Waals surface area contributed by atoms with Crippen molar-refractivity contribution in [1.82, 2.24) is 4.57 Å². The number of benzene rings is 9. The van der Waals surface area contributed by atoms with E-state index in [-0.39, 0.29) is 77.8 Å². The van der Waals surface area contributed by atoms with Gasteiger partial charge in [0.05, 0.1) is 23.2 Å². The fourth-order valence-electron chi connectivity index (χ4n) is 11.6. The molecule has 9 aromatic carbocycles. The number of hydrogen-bond donors (Lipinski definition) is 0. The van der Waals surface area contributed by atoms with Gasteiger partial charge in [-0.15, -0.1) is 0 Å². The molecule has 2 heterocycles. The number of carbonyl (C=O) groups is 2. The highest BCUT2D eigenvalue weighted by Gasteiger charge is 2.33. The molecule has 0 atom stereocenters. The van der Waals surface area contributed by atoms with Crippen LogP contribution in [0.5, 0.6) is 5.75 Å². The van der Waals surface area contributed by atoms with Crippen LogP contribution in [0.15, 0.2) is 172 Å². The highest BCUT2D eigenvalue weighted by Crippen LogP contribution is 2.48. The zero-order valence-corrected chi connectivity index (χ0v) is 53.0. The monoisotopic (exact) mass is 1220 g/mol. The van der Waals surface area contributed by atoms with Gasteiger partial charge in [0.2, 0.25) is 0 Å². The lowest BCUT2D eigenvalue weighted by Gasteiger charge is -2.28. The molecular formula is C77H71F6NO6. The molecule has 90 heavy (non-hydrogen) atoms. The molecular weight excluding hydrogens is 1150 g/mol. The summed E-state index contributed by atoms with van der Waals surface area (Å²) in [7, 11) is 0. The van der Waals surface area contributed by atoms with E-state index in [4.69, 9.17) is 9.15 Å². The van der Waals surface area contributed by atoms with Crippen molar-refractivity contribution >= 4 is 55.7 Å². The van der Waals surface area contributed by atoms with Gasteiger partial charge >= 0.3 is 18.3 Å². The molecule has 7 nitrogen and oxygen atoms in total. The molecule has 0 saturated heterocycles. The Hall–Kier alpha value is -9.10. The van der Waals surface area contributed by atoms with Crippen LogP contribution in [0.2, 0.25) is 0 Å². The third-order valence-corrected chi connectivity index (χ3v) is 16.6. The number of carbonyl (C=O) groups excluding carboxylic acids is 2. The predicted octanol–water partition coefficient (Wildman–Crippen LogP) is 20.7. The molecule has 0 radical (unpaired) electrons. The van der Waals surface area contributed by atoms with Gasteiger partial charge in [-0.3, -0.25) is 19.2 Å². The highest BCUT2D eigenvalue weighted by atomic mass is 19.4. The maximum Gasteiger partial charge on any atom is 0.416 e. The summed E-state index contributed by atoms with van der Waals surface area (Å²) in [6, 6.07) is 41.2. The highest BCUT2D eigenvalue weighted by molar-refractivity contribution is 6.32. The second-order valence-electron chi connectivity index (χ2n) is 27.1. The molecule has 11 rings (SSSR count). The number of para-hydroxylation sites is 1. The molecule has 0 N–H and O–H groups in total. The summed E-state index contributed by atoms with van der Waals surface area (Å²) in [6.07, 6.45) is -8.70. The van der Waals surface area contributed by atoms with Crippen LogP contribution in [-0.4, -0.2) is 16.8 Å². The largest absolute Gasteiger partial charge is 0.455 e. The number of alkyl halides is 6. The molecule has 462 valence electrons. The first kappa shape index (κ1) is 63.9. The summed E-state index contributed by atoms with van der Waals surface area (Å²) < 4.78 is 97.6. The number of esters is 1. The van der Waals surface area contributed by atoms with Crippen LogP contribution in [0.3, 0.4) is 0 Å². The standard InChI is InChI=1S/C75H65F6NO6.C2H6/c1-70(2,3)48-30-44(31-49(34-48)71(4,5)6)55-36-53(37-56(61(55)40-83)45-32-50(72(7,8)9)35-51(33-45)73(10,11)12)87-63(84)29-41-17-27-52(28-18-41)82-68(85)59-38-57(42-19-23-46(24-20-42)74(76,77)78)64-54-15-13-14-16-62(54)88-67-58(39-60(69(82)86)65(59)66(64)67)43-21-25-47(26-22-43)75(79,80)81;1-2/h13-28,30-40H,29H2,1-12H3;1-2H3. The number of aromatic nitrogens is 1. The Morgan fingerprint density at radius 3 is 1.30 bits per heavy atom. The molecule has 0 aliphatic rings. The third-order valence-electron chi connectivity index (χ3n) is 16.6. The van der Waals surface area contributed by atoms with Gasteiger partial charge in [-0.2, -0.15) is 26.3 Å². The lowest BCUT2D eigenvalue weighted by atomic mass is 9.77. The normalized spacial score (nSPS) is 12.7. The Bertz CT molecular complexity index is 4540. The van der Waals surface area contributed by atoms with Gasteiger partial charge in [-0.05, 0) is 155 Å². The van der Waals surface area contributed by atoms with E-state index in [0.29, 0.717) is 49.7 Å². The van der Waals surface area contributed by atoms with Gasteiger partial charge in [0.15, 0.2) is 6.29 Å². The van der Waals surface area contributed by atoms with Crippen molar-refractivity contribution in [3.05, 3.63) is 223 Å². The molecule has 13 heteroatoms. The summed E-state index contributed by atoms with van der Waals surface area (Å²) in [5.74, 6) is -0.437. The van der Waals surface area contributed by atoms with Crippen LogP contribution < -0.4 is 15.9 Å². The molecule has 0 unspecified atom stereocenters. The summed E-state index contributed by atoms with van der Waals surface area (Å²) in [5, 5.41) is 1.43. The number of aldehydes is 1. The van der Waals surface area contributed by atoms with Crippen molar-refractivity contribution < 1.29 is 45.1 Å². The number of nitrogens with zero attached hydrogens (tertiary/aromatic N) is 1. The lowest BCUT2D eigenvalue weighted by molar-refractivity contribution is -0.138. The van der Waals surface area contributed by atoms with E-state index in [1.165, 1.54) is 42.5 Å². The number of fused-ring (bicyclic) bond motifs is 2. The third kappa shape index (κ3) is 12.2. The number of ether oxygens (including phenoxy) is 1. The topological polar surface area (TPSA) is 95.6 Å². The van der Waals surface area contributed by atoms with Gasteiger partial charge in [0.25, 0.3) is 11.1 Å². The Balaban J connectivity index is 0.00000441. The summed E-state index contributed by atoms with van der Waals surface area (Å²) in [4.78, 5) is 58.4. The smallest absolute Gasteiger partial charge is 0.416 e. The van der Waals surface area contributed by atoms with Crippen molar-refractivity contribution in [2.75, 3.05) is 0 Å². The van der Waals surface area contributed by atoms with Crippen molar-refractivity contribution in [3.63, 3.8) is 0 Å². The second-order valence-corrected chi connectivity index (χ2v) is 27.1. The molecule has 0 saturated carbocycles. The van der Waals surface area contributed by atoms with Crippen molar-refractivity contribution in [1.29, 1.82) is 0 Å². The van der Waals surface area contributed by atoms with E-state index in [1.54, 1.807) is 54.6 Å². The summed E-state index contributed by atoms with van der Waals surface area (Å²) >= 11 is 0. The number of pyridine rings is 1. The molecule has 0 fully saturated rings. The van der Waals surface area contributed by atoms with E-state index in [9.17, 15) is 35.9 Å². The van der Waals surface area contributed by atoms with Gasteiger partial charge in [0.1, 0.15) is 16.9 Å². The van der Waals surface area contributed by atoms with E-state index in [1.807, 2.05) is 13.8 Å². The predicted molar refractivity (Wildman–Crippen MR) is 351 cm³/mol. The summed E-state index contributed by atoms with van der Waals surface area (Å²) in [6.45, 7) is 29.6. The first-order chi connectivity index (χ1) is 42.1. The van der Waals surface area contributed by atoms with Gasteiger partial charge in [-0.1, -0.05) is 188 Å². The van der Waals surface area contributed by atoms with E-state index in [0.717, 1.165) is 68.5 Å². The molecule has 0 aliphatic carbocycles. The molecule has 0 bridgehead atoms. The van der Waals surface area contributed by atoms with E-state index >= 15 is 9.59 Å². The Morgan fingerprint density at radius 2 is 0.878 bits per heavy atom. The SMILES string of the molecule is CC.CC(C)(C)c1cc(-c2cc(OC(=O)Cc3ccc(-n4c(=O)c5cc(-c6ccc(C(F)(F)F)cc6)c6oc7ccccc7c7c(-c8ccc(C(F)(F)F)cc8)cc(c4=O)c5c67)cc3)cc(-c3cc(C(C)(C)C)cc(C(C)(C)C)c3)c2C=O)cc(C(C)(C)C)c1. The Labute approximate surface area is 519 Å². The van der Waals surface area contributed by atoms with Crippen molar-refractivity contribution in [3.8, 4) is 55.9 Å². The minimum atomic E-state index is -4.66. The van der Waals surface area contributed by atoms with Gasteiger partial charge < -0.3 is 9.15 Å². The number of rotatable bonds is 9. The minimum Gasteiger partial charge on any atom is -0.455 e. The van der Waals surface area contributed by atoms with Gasteiger partial charge in [-0.25, -0.2) is 4.57 Å². The van der Waals surface area contributed by atoms with Crippen LogP contribution in [0.4, 0.5) is 26.3 Å². The van der Waals surface area contributed by atoms with Crippen molar-refractivity contribution in [2.45, 2.75) is 137 Å². The number of halogens is 6. The van der Waals surface area contributed by atoms with Crippen LogP contribution in [0.25, 0.3) is 93.7 Å². The van der Waals surface area contributed by atoms with Gasteiger partial charge in [0, 0.05) is 43.4 Å². The molecule has 11 aromatic rings. The fourth-order valence-corrected chi connectivity index (χ4v) is 11.6. The molecule has 2 aromatic heterocycles. The van der Waals surface area contributed by atoms with E-state index < -0.39 is 40.6 Å². The Kier molecular flexibility index (Phi) is 16.4. The van der Waals surface area contributed by atoms with Crippen LogP contribution >= 0.6 is 0 Å².